The number of methoxy groups -OCH3 is 2. The van der Waals surface area contributed by atoms with Crippen molar-refractivity contribution in [1.82, 2.24) is 0 Å². The van der Waals surface area contributed by atoms with Crippen LogP contribution in [0.2, 0.25) is 0 Å². The number of aliphatic carboxylic acids is 1. The van der Waals surface area contributed by atoms with Crippen molar-refractivity contribution in [1.29, 1.82) is 0 Å². The molecule has 1 fully saturated rings. The normalized spacial score (nSPS) is 17.1. The molecule has 0 saturated heterocycles. The van der Waals surface area contributed by atoms with Gasteiger partial charge in [0.15, 0.2) is 0 Å². The molecule has 0 aromatic heterocycles. The highest BCUT2D eigenvalue weighted by atomic mass is 31.0. The smallest absolute Gasteiger partial charge is 0.303 e. The number of carboxylic acids is 1. The zero-order valence-corrected chi connectivity index (χ0v) is 27.0. The lowest BCUT2D eigenvalue weighted by molar-refractivity contribution is -0.136. The molecule has 5 rings (SSSR count). The molecule has 1 aliphatic carbocycles. The van der Waals surface area contributed by atoms with E-state index < -0.39 is 23.1 Å². The number of benzene rings is 4. The first-order valence-corrected chi connectivity index (χ1v) is 15.3. The predicted octanol–water partition coefficient (Wildman–Crippen LogP) is 7.45. The van der Waals surface area contributed by atoms with Gasteiger partial charge in [0.2, 0.25) is 0 Å². The van der Waals surface area contributed by atoms with Crippen LogP contribution < -0.4 is 20.5 Å². The van der Waals surface area contributed by atoms with E-state index in [1.807, 2.05) is 36.4 Å². The zero-order chi connectivity index (χ0) is 32.9. The second kappa shape index (κ2) is 14.2. The molecule has 7 nitrogen and oxygen atoms in total. The first-order chi connectivity index (χ1) is 21.4. The molecule has 10 heteroatoms. The SMILES string of the molecule is CCc1ccc(OC)c(-c2cccc3c(CCC(=O)O)cccc23)c1OC.Cc1cc(NC2CCC2(F)P)cc(F)c1C(N)=O. The summed E-state index contributed by atoms with van der Waals surface area (Å²) in [6, 6.07) is 18.6. The minimum Gasteiger partial charge on any atom is -0.496 e. The van der Waals surface area contributed by atoms with E-state index in [1.54, 1.807) is 27.2 Å². The molecule has 45 heavy (non-hydrogen) atoms. The summed E-state index contributed by atoms with van der Waals surface area (Å²) in [5.41, 5.74) is 9.97. The van der Waals surface area contributed by atoms with Gasteiger partial charge in [-0.25, -0.2) is 8.78 Å². The van der Waals surface area contributed by atoms with Gasteiger partial charge in [0.25, 0.3) is 5.91 Å². The average molecular weight is 637 g/mol. The Morgan fingerprint density at radius 3 is 2.33 bits per heavy atom. The number of ether oxygens (including phenoxy) is 2. The molecule has 1 aliphatic rings. The first-order valence-electron chi connectivity index (χ1n) is 14.7. The van der Waals surface area contributed by atoms with Crippen LogP contribution in [-0.4, -0.2) is 42.7 Å². The minimum absolute atomic E-state index is 0.112. The van der Waals surface area contributed by atoms with Crippen molar-refractivity contribution >= 4 is 37.6 Å². The number of carbonyl (C=O) groups excluding carboxylic acids is 1. The molecular formula is C35H39F2N2O5P. The van der Waals surface area contributed by atoms with Gasteiger partial charge in [-0.1, -0.05) is 58.6 Å². The van der Waals surface area contributed by atoms with Gasteiger partial charge >= 0.3 is 5.97 Å². The number of hydrogen-bond donors (Lipinski definition) is 3. The van der Waals surface area contributed by atoms with Crippen molar-refractivity contribution in [3.8, 4) is 22.6 Å². The van der Waals surface area contributed by atoms with Crippen LogP contribution in [0.1, 0.15) is 53.2 Å². The first kappa shape index (κ1) is 33.7. The molecule has 0 spiro atoms. The molecule has 4 N–H and O–H groups in total. The number of amides is 1. The summed E-state index contributed by atoms with van der Waals surface area (Å²) in [7, 11) is 5.51. The molecule has 1 saturated carbocycles. The van der Waals surface area contributed by atoms with Crippen LogP contribution in [0.25, 0.3) is 21.9 Å². The number of aryl methyl sites for hydroxylation is 3. The second-order valence-corrected chi connectivity index (χ2v) is 12.0. The maximum atomic E-state index is 13.7. The second-order valence-electron chi connectivity index (χ2n) is 11.1. The largest absolute Gasteiger partial charge is 0.496 e. The van der Waals surface area contributed by atoms with E-state index >= 15 is 0 Å². The standard InChI is InChI=1S/C23H24O4.C12H15F2N2OP/c1-4-15-11-13-20(26-2)22(23(15)27-3)19-10-6-8-17-16(12-14-21(24)25)7-5-9-18(17)19;1-6-4-7(5-8(13)10(6)11(15)17)16-9-2-3-12(9,14)18/h5-11,13H,4,12,14H2,1-3H3,(H,24,25);4-5,9,16H,2-3,18H2,1H3,(H2,15,17). The van der Waals surface area contributed by atoms with Crippen LogP contribution in [0.3, 0.4) is 0 Å². The summed E-state index contributed by atoms with van der Waals surface area (Å²) < 4.78 is 38.8. The molecule has 3 unspecified atom stereocenters. The molecule has 0 bridgehead atoms. The Morgan fingerprint density at radius 1 is 1.07 bits per heavy atom. The molecule has 4 aromatic rings. The van der Waals surface area contributed by atoms with E-state index in [0.717, 1.165) is 50.9 Å². The maximum absolute atomic E-state index is 13.7. The molecule has 0 radical (unpaired) electrons. The van der Waals surface area contributed by atoms with Crippen LogP contribution in [0, 0.1) is 12.7 Å². The number of nitrogens with two attached hydrogens (primary N) is 1. The number of carbonyl (C=O) groups is 2. The number of anilines is 1. The lowest BCUT2D eigenvalue weighted by atomic mass is 9.89. The number of nitrogens with one attached hydrogen (secondary N) is 1. The van der Waals surface area contributed by atoms with E-state index in [2.05, 4.69) is 33.6 Å². The highest BCUT2D eigenvalue weighted by Gasteiger charge is 2.43. The number of hydrogen-bond acceptors (Lipinski definition) is 5. The third-order valence-corrected chi connectivity index (χ3v) is 8.86. The zero-order valence-electron chi connectivity index (χ0n) is 25.9. The Balaban J connectivity index is 0.000000222. The monoisotopic (exact) mass is 636 g/mol. The fourth-order valence-electron chi connectivity index (χ4n) is 5.69. The van der Waals surface area contributed by atoms with Crippen LogP contribution in [0.5, 0.6) is 11.5 Å². The van der Waals surface area contributed by atoms with Crippen molar-refractivity contribution in [3.05, 3.63) is 88.7 Å². The lowest BCUT2D eigenvalue weighted by Crippen LogP contribution is -2.47. The molecule has 238 valence electrons. The van der Waals surface area contributed by atoms with Crippen LogP contribution in [-0.2, 0) is 17.6 Å². The number of primary amides is 1. The van der Waals surface area contributed by atoms with E-state index in [1.165, 1.54) is 6.07 Å². The van der Waals surface area contributed by atoms with Gasteiger partial charge in [-0.2, -0.15) is 0 Å². The summed E-state index contributed by atoms with van der Waals surface area (Å²) in [4.78, 5) is 22.0. The summed E-state index contributed by atoms with van der Waals surface area (Å²) >= 11 is 0. The topological polar surface area (TPSA) is 111 Å². The Morgan fingerprint density at radius 2 is 1.78 bits per heavy atom. The fourth-order valence-corrected chi connectivity index (χ4v) is 6.11. The van der Waals surface area contributed by atoms with E-state index in [-0.39, 0.29) is 18.0 Å². The summed E-state index contributed by atoms with van der Waals surface area (Å²) in [5.74, 6) is -0.696. The Hall–Kier alpha value is -4.23. The van der Waals surface area contributed by atoms with Crippen molar-refractivity contribution in [2.45, 2.75) is 57.4 Å². The average Bonchev–Trinajstić information content (AvgIpc) is 3.00. The Kier molecular flexibility index (Phi) is 10.7. The van der Waals surface area contributed by atoms with Crippen molar-refractivity contribution in [2.75, 3.05) is 19.5 Å². The number of fused-ring (bicyclic) bond motifs is 1. The van der Waals surface area contributed by atoms with Gasteiger partial charge < -0.3 is 25.6 Å². The number of rotatable bonds is 10. The predicted molar refractivity (Wildman–Crippen MR) is 178 cm³/mol. The highest BCUT2D eigenvalue weighted by Crippen LogP contribution is 2.45. The lowest BCUT2D eigenvalue weighted by Gasteiger charge is -2.41. The third-order valence-electron chi connectivity index (χ3n) is 8.17. The number of alkyl halides is 1. The van der Waals surface area contributed by atoms with Crippen molar-refractivity contribution in [3.63, 3.8) is 0 Å². The van der Waals surface area contributed by atoms with Gasteiger partial charge in [0.1, 0.15) is 22.7 Å². The molecule has 3 atom stereocenters. The molecule has 0 aliphatic heterocycles. The highest BCUT2D eigenvalue weighted by molar-refractivity contribution is 7.18. The quantitative estimate of drug-likeness (QED) is 0.156. The van der Waals surface area contributed by atoms with Gasteiger partial charge in [-0.05, 0) is 83.8 Å². The minimum atomic E-state index is -1.34. The van der Waals surface area contributed by atoms with E-state index in [0.29, 0.717) is 30.5 Å². The summed E-state index contributed by atoms with van der Waals surface area (Å²) in [6.45, 7) is 3.69. The Bertz CT molecular complexity index is 1700. The number of halogens is 2. The summed E-state index contributed by atoms with van der Waals surface area (Å²) in [5, 5.41) is 12.7. The van der Waals surface area contributed by atoms with E-state index in [4.69, 9.17) is 20.3 Å². The van der Waals surface area contributed by atoms with Crippen molar-refractivity contribution < 1.29 is 33.0 Å². The molecular weight excluding hydrogens is 597 g/mol. The summed E-state index contributed by atoms with van der Waals surface area (Å²) in [6.07, 6.45) is 2.63. The van der Waals surface area contributed by atoms with E-state index in [9.17, 15) is 18.4 Å². The molecule has 4 aromatic carbocycles. The van der Waals surface area contributed by atoms with Crippen LogP contribution >= 0.6 is 9.24 Å². The Labute approximate surface area is 264 Å². The molecule has 1 amide bonds. The third kappa shape index (κ3) is 7.36. The molecule has 0 heterocycles. The van der Waals surface area contributed by atoms with Crippen molar-refractivity contribution in [2.24, 2.45) is 5.73 Å². The van der Waals surface area contributed by atoms with Gasteiger partial charge in [0, 0.05) is 12.1 Å². The fraction of sp³-hybridized carbons (Fsp3) is 0.314. The van der Waals surface area contributed by atoms with Gasteiger partial charge in [-0.3, -0.25) is 9.59 Å². The van der Waals surface area contributed by atoms with Gasteiger partial charge in [-0.15, -0.1) is 0 Å². The van der Waals surface area contributed by atoms with Crippen LogP contribution in [0.4, 0.5) is 14.5 Å². The van der Waals surface area contributed by atoms with Gasteiger partial charge in [0.05, 0.1) is 31.4 Å². The number of carboxylic acid groups (broad SMARTS) is 1. The maximum Gasteiger partial charge on any atom is 0.303 e. The van der Waals surface area contributed by atoms with Crippen LogP contribution in [0.15, 0.2) is 60.7 Å².